The van der Waals surface area contributed by atoms with Crippen LogP contribution in [0.5, 0.6) is 0 Å². The average molecular weight is 255 g/mol. The average Bonchev–Trinajstić information content (AvgIpc) is 2.57. The van der Waals surface area contributed by atoms with E-state index in [1.54, 1.807) is 0 Å². The zero-order chi connectivity index (χ0) is 13.4. The summed E-state index contributed by atoms with van der Waals surface area (Å²) in [5.74, 6) is -2.19. The Labute approximate surface area is 95.1 Å². The molecule has 0 aromatic rings. The summed E-state index contributed by atoms with van der Waals surface area (Å²) in [5, 5.41) is 8.81. The molecule has 0 aromatic carbocycles. The smallest absolute Gasteiger partial charge is 0.419 e. The number of rotatable bonds is 2. The van der Waals surface area contributed by atoms with Crippen molar-refractivity contribution in [2.24, 2.45) is 0 Å². The number of alkyl halides is 3. The molecule has 0 spiro atoms. The van der Waals surface area contributed by atoms with E-state index in [1.807, 2.05) is 0 Å². The number of hydrogen-bond donors (Lipinski definition) is 1. The van der Waals surface area contributed by atoms with E-state index in [1.165, 1.54) is 0 Å². The summed E-state index contributed by atoms with van der Waals surface area (Å²) in [5.41, 5.74) is -2.60. The molecule has 0 saturated carbocycles. The van der Waals surface area contributed by atoms with Gasteiger partial charge in [-0.25, -0.2) is 4.79 Å². The van der Waals surface area contributed by atoms with E-state index < -0.39 is 42.7 Å². The van der Waals surface area contributed by atoms with Crippen LogP contribution in [-0.4, -0.2) is 53.4 Å². The van der Waals surface area contributed by atoms with E-state index in [4.69, 9.17) is 5.11 Å². The number of hydrogen-bond acceptors (Lipinski definition) is 3. The number of carboxylic acid groups (broad SMARTS) is 1. The van der Waals surface area contributed by atoms with E-state index >= 15 is 0 Å². The van der Waals surface area contributed by atoms with E-state index in [0.717, 1.165) is 14.0 Å². The van der Waals surface area contributed by atoms with Crippen molar-refractivity contribution in [1.82, 2.24) is 4.90 Å². The lowest BCUT2D eigenvalue weighted by atomic mass is 9.99. The Morgan fingerprint density at radius 2 is 2.00 bits per heavy atom. The third kappa shape index (κ3) is 2.21. The first-order chi connectivity index (χ1) is 7.64. The third-order valence-electron chi connectivity index (χ3n) is 2.92. The largest absolute Gasteiger partial charge is 0.480 e. The molecule has 1 aliphatic heterocycles. The van der Waals surface area contributed by atoms with Gasteiger partial charge in [0.15, 0.2) is 5.60 Å². The number of likely N-dealkylation sites (tertiary alicyclic amines) is 1. The van der Waals surface area contributed by atoms with Crippen LogP contribution < -0.4 is 0 Å². The number of methoxy groups -OCH3 is 1. The van der Waals surface area contributed by atoms with Crippen LogP contribution in [0.25, 0.3) is 0 Å². The van der Waals surface area contributed by atoms with Crippen molar-refractivity contribution in [3.63, 3.8) is 0 Å². The highest BCUT2D eigenvalue weighted by atomic mass is 19.4. The standard InChI is InChI=1S/C9H12F3NO4/c1-5(14)13-4-8(17-2,9(10,11)12)3-6(13)7(15)16/h6H,3-4H2,1-2H3,(H,15,16)/t6-,8?/m0/s1. The maximum absolute atomic E-state index is 12.8. The molecule has 1 N–H and O–H groups in total. The van der Waals surface area contributed by atoms with Crippen LogP contribution in [0.1, 0.15) is 13.3 Å². The van der Waals surface area contributed by atoms with Crippen LogP contribution in [0, 0.1) is 0 Å². The van der Waals surface area contributed by atoms with E-state index in [-0.39, 0.29) is 0 Å². The first-order valence-electron chi connectivity index (χ1n) is 4.76. The monoisotopic (exact) mass is 255 g/mol. The molecule has 8 heteroatoms. The fourth-order valence-electron chi connectivity index (χ4n) is 1.89. The predicted octanol–water partition coefficient (Wildman–Crippen LogP) is 0.639. The molecule has 1 heterocycles. The summed E-state index contributed by atoms with van der Waals surface area (Å²) in [6.07, 6.45) is -5.51. The highest BCUT2D eigenvalue weighted by Gasteiger charge is 2.63. The van der Waals surface area contributed by atoms with Gasteiger partial charge in [0.05, 0.1) is 6.54 Å². The number of carboxylic acids is 1. The first kappa shape index (κ1) is 13.8. The van der Waals surface area contributed by atoms with Gasteiger partial charge >= 0.3 is 12.1 Å². The normalized spacial score (nSPS) is 29.5. The molecule has 5 nitrogen and oxygen atoms in total. The molecule has 2 atom stereocenters. The Morgan fingerprint density at radius 1 is 1.47 bits per heavy atom. The number of carbonyl (C=O) groups excluding carboxylic acids is 1. The minimum Gasteiger partial charge on any atom is -0.480 e. The second-order valence-electron chi connectivity index (χ2n) is 3.90. The predicted molar refractivity (Wildman–Crippen MR) is 49.2 cm³/mol. The van der Waals surface area contributed by atoms with Gasteiger partial charge in [-0.2, -0.15) is 13.2 Å². The Hall–Kier alpha value is -1.31. The van der Waals surface area contributed by atoms with Crippen LogP contribution in [-0.2, 0) is 14.3 Å². The summed E-state index contributed by atoms with van der Waals surface area (Å²) < 4.78 is 42.9. The summed E-state index contributed by atoms with van der Waals surface area (Å²) in [6, 6.07) is -1.51. The molecular weight excluding hydrogens is 243 g/mol. The van der Waals surface area contributed by atoms with Gasteiger partial charge < -0.3 is 14.7 Å². The topological polar surface area (TPSA) is 66.8 Å². The molecule has 98 valence electrons. The second kappa shape index (κ2) is 4.17. The van der Waals surface area contributed by atoms with E-state index in [9.17, 15) is 22.8 Å². The van der Waals surface area contributed by atoms with Crippen LogP contribution in [0.15, 0.2) is 0 Å². The Morgan fingerprint density at radius 3 is 2.24 bits per heavy atom. The van der Waals surface area contributed by atoms with E-state index in [0.29, 0.717) is 4.90 Å². The third-order valence-corrected chi connectivity index (χ3v) is 2.92. The second-order valence-corrected chi connectivity index (χ2v) is 3.90. The number of amides is 1. The number of halogens is 3. The molecule has 1 fully saturated rings. The van der Waals surface area contributed by atoms with Crippen molar-refractivity contribution in [1.29, 1.82) is 0 Å². The Balaban J connectivity index is 3.09. The zero-order valence-corrected chi connectivity index (χ0v) is 9.24. The first-order valence-corrected chi connectivity index (χ1v) is 4.76. The number of ether oxygens (including phenoxy) is 1. The number of aliphatic carboxylic acids is 1. The van der Waals surface area contributed by atoms with Crippen LogP contribution in [0.3, 0.4) is 0 Å². The molecule has 1 saturated heterocycles. The molecular formula is C9H12F3NO4. The summed E-state index contributed by atoms with van der Waals surface area (Å²) in [4.78, 5) is 22.6. The molecule has 0 aliphatic carbocycles. The lowest BCUT2D eigenvalue weighted by Crippen LogP contribution is -2.49. The van der Waals surface area contributed by atoms with Gasteiger partial charge in [0.25, 0.3) is 0 Å². The maximum atomic E-state index is 12.8. The quantitative estimate of drug-likeness (QED) is 0.786. The minimum absolute atomic E-state index is 0.666. The van der Waals surface area contributed by atoms with Crippen molar-refractivity contribution in [3.8, 4) is 0 Å². The SMILES string of the molecule is COC1(C(F)(F)F)C[C@@H](C(=O)O)N(C(C)=O)C1. The summed E-state index contributed by atoms with van der Waals surface area (Å²) >= 11 is 0. The fourth-order valence-corrected chi connectivity index (χ4v) is 1.89. The molecule has 17 heavy (non-hydrogen) atoms. The van der Waals surface area contributed by atoms with Crippen LogP contribution >= 0.6 is 0 Å². The maximum Gasteiger partial charge on any atom is 0.419 e. The Kier molecular flexibility index (Phi) is 3.37. The van der Waals surface area contributed by atoms with Gasteiger partial charge in [0.1, 0.15) is 6.04 Å². The summed E-state index contributed by atoms with van der Waals surface area (Å²) in [7, 11) is 0.857. The lowest BCUT2D eigenvalue weighted by molar-refractivity contribution is -0.263. The van der Waals surface area contributed by atoms with Crippen molar-refractivity contribution < 1.29 is 32.6 Å². The lowest BCUT2D eigenvalue weighted by Gasteiger charge is -2.29. The van der Waals surface area contributed by atoms with Gasteiger partial charge in [-0.1, -0.05) is 0 Å². The fraction of sp³-hybridized carbons (Fsp3) is 0.778. The highest BCUT2D eigenvalue weighted by molar-refractivity contribution is 5.83. The van der Waals surface area contributed by atoms with Crippen LogP contribution in [0.4, 0.5) is 13.2 Å². The van der Waals surface area contributed by atoms with Crippen molar-refractivity contribution in [3.05, 3.63) is 0 Å². The van der Waals surface area contributed by atoms with Crippen molar-refractivity contribution in [2.75, 3.05) is 13.7 Å². The molecule has 1 aliphatic rings. The molecule has 1 amide bonds. The van der Waals surface area contributed by atoms with Gasteiger partial charge in [-0.15, -0.1) is 0 Å². The van der Waals surface area contributed by atoms with Gasteiger partial charge in [-0.05, 0) is 0 Å². The molecule has 0 bridgehead atoms. The van der Waals surface area contributed by atoms with Gasteiger partial charge in [-0.3, -0.25) is 4.79 Å². The van der Waals surface area contributed by atoms with Crippen molar-refractivity contribution >= 4 is 11.9 Å². The molecule has 0 radical (unpaired) electrons. The minimum atomic E-state index is -4.72. The van der Waals surface area contributed by atoms with Gasteiger partial charge in [0.2, 0.25) is 5.91 Å². The highest BCUT2D eigenvalue weighted by Crippen LogP contribution is 2.42. The van der Waals surface area contributed by atoms with Gasteiger partial charge in [0, 0.05) is 20.5 Å². The summed E-state index contributed by atoms with van der Waals surface area (Å²) in [6.45, 7) is 0.233. The molecule has 0 aromatic heterocycles. The number of nitrogens with zero attached hydrogens (tertiary/aromatic N) is 1. The van der Waals surface area contributed by atoms with E-state index in [2.05, 4.69) is 4.74 Å². The molecule has 1 unspecified atom stereocenters. The number of carbonyl (C=O) groups is 2. The van der Waals surface area contributed by atoms with Crippen LogP contribution in [0.2, 0.25) is 0 Å². The molecule has 1 rings (SSSR count). The van der Waals surface area contributed by atoms with Crippen molar-refractivity contribution in [2.45, 2.75) is 31.2 Å². The Bertz CT molecular complexity index is 320. The zero-order valence-electron chi connectivity index (χ0n) is 9.24.